The van der Waals surface area contributed by atoms with E-state index in [-0.39, 0.29) is 4.58 Å². The highest BCUT2D eigenvalue weighted by Crippen LogP contribution is 2.27. The van der Waals surface area contributed by atoms with Crippen LogP contribution in [0, 0.1) is 0 Å². The summed E-state index contributed by atoms with van der Waals surface area (Å²) < 4.78 is 11.2. The first-order valence-electron chi connectivity index (χ1n) is 5.90. The van der Waals surface area contributed by atoms with Gasteiger partial charge in [0.25, 0.3) is 5.89 Å². The van der Waals surface area contributed by atoms with E-state index < -0.39 is 0 Å². The summed E-state index contributed by atoms with van der Waals surface area (Å²) >= 11 is 8.39. The second-order valence-corrected chi connectivity index (χ2v) is 5.82. The molecule has 3 rings (SSSR count). The van der Waals surface area contributed by atoms with Gasteiger partial charge < -0.3 is 8.83 Å². The SMILES string of the molecule is SC(S)CCc1nnc(-c2cc3ccccc3o2)o1. The Hall–Kier alpha value is -1.40. The molecule has 0 aliphatic rings. The molecule has 0 bridgehead atoms. The summed E-state index contributed by atoms with van der Waals surface area (Å²) in [5.41, 5.74) is 0.808. The van der Waals surface area contributed by atoms with Gasteiger partial charge in [-0.1, -0.05) is 18.2 Å². The summed E-state index contributed by atoms with van der Waals surface area (Å²) in [7, 11) is 0. The van der Waals surface area contributed by atoms with Gasteiger partial charge in [0.05, 0.1) is 0 Å². The molecule has 0 radical (unpaired) electrons. The van der Waals surface area contributed by atoms with E-state index in [4.69, 9.17) is 8.83 Å². The molecule has 0 amide bonds. The molecule has 0 spiro atoms. The van der Waals surface area contributed by atoms with Crippen LogP contribution in [-0.2, 0) is 6.42 Å². The number of hydrogen-bond donors (Lipinski definition) is 2. The van der Waals surface area contributed by atoms with Crippen LogP contribution in [0.1, 0.15) is 12.3 Å². The number of benzene rings is 1. The maximum Gasteiger partial charge on any atom is 0.283 e. The fraction of sp³-hybridized carbons (Fsp3) is 0.231. The monoisotopic (exact) mass is 292 g/mol. The zero-order valence-electron chi connectivity index (χ0n) is 9.98. The largest absolute Gasteiger partial charge is 0.451 e. The molecule has 2 aromatic heterocycles. The van der Waals surface area contributed by atoms with Crippen LogP contribution in [0.15, 0.2) is 39.2 Å². The highest BCUT2D eigenvalue weighted by atomic mass is 32.2. The van der Waals surface area contributed by atoms with Gasteiger partial charge in [-0.05, 0) is 18.6 Å². The van der Waals surface area contributed by atoms with Gasteiger partial charge in [0.15, 0.2) is 5.76 Å². The Bertz CT molecular complexity index is 658. The fourth-order valence-corrected chi connectivity index (χ4v) is 2.05. The van der Waals surface area contributed by atoms with Crippen molar-refractivity contribution < 1.29 is 8.83 Å². The third-order valence-corrected chi connectivity index (χ3v) is 3.24. The zero-order chi connectivity index (χ0) is 13.2. The molecule has 19 heavy (non-hydrogen) atoms. The number of rotatable bonds is 4. The van der Waals surface area contributed by atoms with E-state index in [0.717, 1.165) is 17.4 Å². The Labute approximate surface area is 121 Å². The molecule has 0 unspecified atom stereocenters. The van der Waals surface area contributed by atoms with E-state index in [2.05, 4.69) is 35.5 Å². The van der Waals surface area contributed by atoms with E-state index in [9.17, 15) is 0 Å². The Morgan fingerprint density at radius 3 is 2.74 bits per heavy atom. The van der Waals surface area contributed by atoms with Crippen LogP contribution in [0.2, 0.25) is 0 Å². The van der Waals surface area contributed by atoms with Gasteiger partial charge in [0.2, 0.25) is 5.89 Å². The quantitative estimate of drug-likeness (QED) is 0.570. The first kappa shape index (κ1) is 12.6. The normalized spacial score (nSPS) is 11.5. The topological polar surface area (TPSA) is 52.1 Å². The van der Waals surface area contributed by atoms with Crippen molar-refractivity contribution in [3.8, 4) is 11.7 Å². The van der Waals surface area contributed by atoms with Crippen molar-refractivity contribution in [1.82, 2.24) is 10.2 Å². The minimum absolute atomic E-state index is 0.0153. The number of para-hydroxylation sites is 1. The standard InChI is InChI=1S/C13H12N2O2S2/c18-12(19)6-5-11-14-15-13(17-11)10-7-8-3-1-2-4-9(8)16-10/h1-4,7,12,18-19H,5-6H2. The van der Waals surface area contributed by atoms with E-state index in [1.807, 2.05) is 30.3 Å². The van der Waals surface area contributed by atoms with Crippen LogP contribution < -0.4 is 0 Å². The number of hydrogen-bond acceptors (Lipinski definition) is 6. The van der Waals surface area contributed by atoms with Gasteiger partial charge in [0.1, 0.15) is 5.58 Å². The summed E-state index contributed by atoms with van der Waals surface area (Å²) in [4.78, 5) is 0. The molecule has 2 heterocycles. The second-order valence-electron chi connectivity index (χ2n) is 4.17. The lowest BCUT2D eigenvalue weighted by Gasteiger charge is -1.97. The smallest absolute Gasteiger partial charge is 0.283 e. The Morgan fingerprint density at radius 1 is 1.11 bits per heavy atom. The van der Waals surface area contributed by atoms with Crippen molar-refractivity contribution in [3.05, 3.63) is 36.2 Å². The van der Waals surface area contributed by atoms with Crippen molar-refractivity contribution in [2.75, 3.05) is 0 Å². The van der Waals surface area contributed by atoms with E-state index in [0.29, 0.717) is 24.0 Å². The molecular weight excluding hydrogens is 280 g/mol. The lowest BCUT2D eigenvalue weighted by atomic mass is 10.2. The molecule has 0 aliphatic heterocycles. The maximum atomic E-state index is 5.67. The van der Waals surface area contributed by atoms with Crippen molar-refractivity contribution in [1.29, 1.82) is 0 Å². The van der Waals surface area contributed by atoms with Crippen LogP contribution in [0.5, 0.6) is 0 Å². The first-order valence-corrected chi connectivity index (χ1v) is 6.93. The van der Waals surface area contributed by atoms with Crippen LogP contribution >= 0.6 is 25.3 Å². The third kappa shape index (κ3) is 2.79. The van der Waals surface area contributed by atoms with Gasteiger partial charge in [-0.3, -0.25) is 0 Å². The predicted molar refractivity (Wildman–Crippen MR) is 79.6 cm³/mol. The van der Waals surface area contributed by atoms with Crippen LogP contribution in [-0.4, -0.2) is 14.8 Å². The third-order valence-electron chi connectivity index (χ3n) is 2.72. The number of thiol groups is 2. The molecule has 0 fully saturated rings. The molecule has 6 heteroatoms. The lowest BCUT2D eigenvalue weighted by molar-refractivity contribution is 0.484. The molecular formula is C13H12N2O2S2. The van der Waals surface area contributed by atoms with E-state index in [1.54, 1.807) is 0 Å². The summed E-state index contributed by atoms with van der Waals surface area (Å²) in [6.07, 6.45) is 1.43. The van der Waals surface area contributed by atoms with Crippen LogP contribution in [0.4, 0.5) is 0 Å². The van der Waals surface area contributed by atoms with Crippen molar-refractivity contribution >= 4 is 36.2 Å². The number of fused-ring (bicyclic) bond motifs is 1. The maximum absolute atomic E-state index is 5.67. The predicted octanol–water partition coefficient (Wildman–Crippen LogP) is 3.60. The summed E-state index contributed by atoms with van der Waals surface area (Å²) in [6.45, 7) is 0. The van der Waals surface area contributed by atoms with Crippen LogP contribution in [0.3, 0.4) is 0 Å². The Kier molecular flexibility index (Phi) is 3.52. The summed E-state index contributed by atoms with van der Waals surface area (Å²) in [6, 6.07) is 9.66. The van der Waals surface area contributed by atoms with Crippen LogP contribution in [0.25, 0.3) is 22.6 Å². The lowest BCUT2D eigenvalue weighted by Crippen LogP contribution is -1.92. The molecule has 98 valence electrons. The fourth-order valence-electron chi connectivity index (χ4n) is 1.79. The molecule has 0 atom stereocenters. The molecule has 0 saturated heterocycles. The Balaban J connectivity index is 1.85. The summed E-state index contributed by atoms with van der Waals surface area (Å²) in [5.74, 6) is 1.57. The zero-order valence-corrected chi connectivity index (χ0v) is 11.8. The number of nitrogens with zero attached hydrogens (tertiary/aromatic N) is 2. The van der Waals surface area contributed by atoms with Gasteiger partial charge in [0, 0.05) is 16.4 Å². The van der Waals surface area contributed by atoms with Gasteiger partial charge >= 0.3 is 0 Å². The number of aryl methyl sites for hydroxylation is 1. The van der Waals surface area contributed by atoms with E-state index >= 15 is 0 Å². The minimum atomic E-state index is 0.0153. The Morgan fingerprint density at radius 2 is 1.95 bits per heavy atom. The van der Waals surface area contributed by atoms with Gasteiger partial charge in [-0.25, -0.2) is 0 Å². The highest BCUT2D eigenvalue weighted by molar-refractivity contribution is 7.99. The highest BCUT2D eigenvalue weighted by Gasteiger charge is 2.13. The van der Waals surface area contributed by atoms with Crippen molar-refractivity contribution in [2.24, 2.45) is 0 Å². The van der Waals surface area contributed by atoms with Crippen molar-refractivity contribution in [3.63, 3.8) is 0 Å². The molecule has 0 aliphatic carbocycles. The minimum Gasteiger partial charge on any atom is -0.451 e. The van der Waals surface area contributed by atoms with Gasteiger partial charge in [-0.2, -0.15) is 25.3 Å². The summed E-state index contributed by atoms with van der Waals surface area (Å²) in [5, 5.41) is 9.01. The molecule has 4 nitrogen and oxygen atoms in total. The molecule has 0 N–H and O–H groups in total. The average molecular weight is 292 g/mol. The van der Waals surface area contributed by atoms with E-state index in [1.165, 1.54) is 0 Å². The van der Waals surface area contributed by atoms with Gasteiger partial charge in [-0.15, -0.1) is 10.2 Å². The molecule has 0 saturated carbocycles. The molecule has 1 aromatic carbocycles. The molecule has 3 aromatic rings. The average Bonchev–Trinajstić information content (AvgIpc) is 3.02. The number of aromatic nitrogens is 2. The van der Waals surface area contributed by atoms with Crippen molar-refractivity contribution in [2.45, 2.75) is 17.4 Å². The number of furan rings is 1. The first-order chi connectivity index (χ1) is 9.22. The second kappa shape index (κ2) is 5.30.